The van der Waals surface area contributed by atoms with Crippen LogP contribution in [0.2, 0.25) is 0 Å². The Morgan fingerprint density at radius 3 is 2.23 bits per heavy atom. The van der Waals surface area contributed by atoms with E-state index in [0.717, 1.165) is 37.8 Å². The van der Waals surface area contributed by atoms with Gasteiger partial charge in [-0.3, -0.25) is 4.79 Å². The highest BCUT2D eigenvalue weighted by molar-refractivity contribution is 5.77. The van der Waals surface area contributed by atoms with Crippen LogP contribution in [0.4, 0.5) is 13.2 Å². The highest BCUT2D eigenvalue weighted by Crippen LogP contribution is 2.30. The third-order valence-corrected chi connectivity index (χ3v) is 3.77. The molecular weight excluding hydrogens is 295 g/mol. The molecule has 1 amide bonds. The van der Waals surface area contributed by atoms with E-state index in [1.165, 1.54) is 25.0 Å². The standard InChI is InChI=1S/C16H20F3NO2/c17-16(18,19)12-7-9-14(10-8-12)22-11-15(21)20-13-5-3-1-2-4-6-13/h7-10,13H,1-6,11H2,(H,20,21). The van der Waals surface area contributed by atoms with Crippen LogP contribution in [0.3, 0.4) is 0 Å². The largest absolute Gasteiger partial charge is 0.484 e. The van der Waals surface area contributed by atoms with Crippen molar-refractivity contribution in [2.75, 3.05) is 6.61 Å². The quantitative estimate of drug-likeness (QED) is 0.855. The summed E-state index contributed by atoms with van der Waals surface area (Å²) in [6.07, 6.45) is 2.23. The minimum absolute atomic E-state index is 0.179. The highest BCUT2D eigenvalue weighted by Gasteiger charge is 2.30. The number of rotatable bonds is 4. The molecule has 3 nitrogen and oxygen atoms in total. The predicted octanol–water partition coefficient (Wildman–Crippen LogP) is 3.92. The summed E-state index contributed by atoms with van der Waals surface area (Å²) in [4.78, 5) is 11.8. The molecule has 1 aliphatic carbocycles. The first-order valence-electron chi connectivity index (χ1n) is 7.54. The van der Waals surface area contributed by atoms with Crippen LogP contribution in [0.25, 0.3) is 0 Å². The maximum absolute atomic E-state index is 12.4. The van der Waals surface area contributed by atoms with Crippen molar-refractivity contribution in [2.45, 2.75) is 50.7 Å². The Kier molecular flexibility index (Phi) is 5.69. The number of hydrogen-bond donors (Lipinski definition) is 1. The Morgan fingerprint density at radius 1 is 1.09 bits per heavy atom. The molecule has 1 N–H and O–H groups in total. The van der Waals surface area contributed by atoms with Crippen LogP contribution in [0.5, 0.6) is 5.75 Å². The Labute approximate surface area is 127 Å². The van der Waals surface area contributed by atoms with Crippen molar-refractivity contribution in [3.63, 3.8) is 0 Å². The maximum Gasteiger partial charge on any atom is 0.416 e. The molecule has 1 aliphatic rings. The van der Waals surface area contributed by atoms with Gasteiger partial charge >= 0.3 is 6.18 Å². The highest BCUT2D eigenvalue weighted by atomic mass is 19.4. The Bertz CT molecular complexity index is 477. The molecule has 0 heterocycles. The van der Waals surface area contributed by atoms with Gasteiger partial charge in [-0.2, -0.15) is 13.2 Å². The van der Waals surface area contributed by atoms with E-state index in [-0.39, 0.29) is 24.3 Å². The fourth-order valence-corrected chi connectivity index (χ4v) is 2.58. The van der Waals surface area contributed by atoms with Crippen molar-refractivity contribution in [2.24, 2.45) is 0 Å². The van der Waals surface area contributed by atoms with Crippen LogP contribution >= 0.6 is 0 Å². The second-order valence-corrected chi connectivity index (χ2v) is 5.57. The van der Waals surface area contributed by atoms with Crippen molar-refractivity contribution in [1.82, 2.24) is 5.32 Å². The number of alkyl halides is 3. The average Bonchev–Trinajstić information content (AvgIpc) is 2.73. The van der Waals surface area contributed by atoms with Gasteiger partial charge in [0.1, 0.15) is 5.75 Å². The van der Waals surface area contributed by atoms with Crippen molar-refractivity contribution in [3.8, 4) is 5.75 Å². The van der Waals surface area contributed by atoms with Gasteiger partial charge in [-0.1, -0.05) is 25.7 Å². The lowest BCUT2D eigenvalue weighted by Gasteiger charge is -2.16. The molecule has 1 saturated carbocycles. The van der Waals surface area contributed by atoms with Gasteiger partial charge in [0.15, 0.2) is 6.61 Å². The first-order chi connectivity index (χ1) is 10.4. The zero-order valence-corrected chi connectivity index (χ0v) is 12.3. The second-order valence-electron chi connectivity index (χ2n) is 5.57. The summed E-state index contributed by atoms with van der Waals surface area (Å²) in [6.45, 7) is -0.179. The Hall–Kier alpha value is -1.72. The van der Waals surface area contributed by atoms with Gasteiger partial charge in [0.2, 0.25) is 0 Å². The van der Waals surface area contributed by atoms with Gasteiger partial charge < -0.3 is 10.1 Å². The number of carbonyl (C=O) groups is 1. The molecule has 0 aromatic heterocycles. The maximum atomic E-state index is 12.4. The van der Waals surface area contributed by atoms with Gasteiger partial charge in [-0.25, -0.2) is 0 Å². The topological polar surface area (TPSA) is 38.3 Å². The van der Waals surface area contributed by atoms with E-state index in [1.807, 2.05) is 0 Å². The van der Waals surface area contributed by atoms with Gasteiger partial charge in [0.25, 0.3) is 5.91 Å². The van der Waals surface area contributed by atoms with Crippen LogP contribution in [0.15, 0.2) is 24.3 Å². The number of hydrogen-bond acceptors (Lipinski definition) is 2. The van der Waals surface area contributed by atoms with Crippen LogP contribution < -0.4 is 10.1 Å². The fraction of sp³-hybridized carbons (Fsp3) is 0.562. The van der Waals surface area contributed by atoms with Crippen molar-refractivity contribution >= 4 is 5.91 Å². The van der Waals surface area contributed by atoms with Crippen LogP contribution in [-0.2, 0) is 11.0 Å². The van der Waals surface area contributed by atoms with Crippen molar-refractivity contribution in [3.05, 3.63) is 29.8 Å². The molecule has 1 fully saturated rings. The van der Waals surface area contributed by atoms with Gasteiger partial charge in [-0.05, 0) is 37.1 Å². The molecule has 1 aromatic rings. The molecule has 0 bridgehead atoms. The third kappa shape index (κ3) is 5.24. The molecule has 0 spiro atoms. The molecule has 0 saturated heterocycles. The van der Waals surface area contributed by atoms with Gasteiger partial charge in [0.05, 0.1) is 5.56 Å². The lowest BCUT2D eigenvalue weighted by atomic mass is 10.1. The molecule has 122 valence electrons. The zero-order chi connectivity index (χ0) is 16.0. The molecule has 22 heavy (non-hydrogen) atoms. The van der Waals surface area contributed by atoms with Gasteiger partial charge in [-0.15, -0.1) is 0 Å². The average molecular weight is 315 g/mol. The van der Waals surface area contributed by atoms with Crippen molar-refractivity contribution in [1.29, 1.82) is 0 Å². The normalized spacial score (nSPS) is 16.9. The molecule has 6 heteroatoms. The Morgan fingerprint density at radius 2 is 1.68 bits per heavy atom. The van der Waals surface area contributed by atoms with E-state index in [0.29, 0.717) is 0 Å². The number of benzene rings is 1. The molecular formula is C16H20F3NO2. The van der Waals surface area contributed by atoms with E-state index in [1.54, 1.807) is 0 Å². The van der Waals surface area contributed by atoms with Crippen molar-refractivity contribution < 1.29 is 22.7 Å². The summed E-state index contributed by atoms with van der Waals surface area (Å²) >= 11 is 0. The first kappa shape index (κ1) is 16.6. The van der Waals surface area contributed by atoms with E-state index in [4.69, 9.17) is 4.74 Å². The van der Waals surface area contributed by atoms with Crippen LogP contribution in [-0.4, -0.2) is 18.6 Å². The number of ether oxygens (including phenoxy) is 1. The number of nitrogens with one attached hydrogen (secondary N) is 1. The second kappa shape index (κ2) is 7.51. The van der Waals surface area contributed by atoms with Gasteiger partial charge in [0, 0.05) is 6.04 Å². The van der Waals surface area contributed by atoms with E-state index < -0.39 is 11.7 Å². The van der Waals surface area contributed by atoms with E-state index in [2.05, 4.69) is 5.32 Å². The third-order valence-electron chi connectivity index (χ3n) is 3.77. The fourth-order valence-electron chi connectivity index (χ4n) is 2.58. The monoisotopic (exact) mass is 315 g/mol. The summed E-state index contributed by atoms with van der Waals surface area (Å²) in [5, 5.41) is 2.92. The summed E-state index contributed by atoms with van der Waals surface area (Å²) in [5.74, 6) is 0.0239. The predicted molar refractivity (Wildman–Crippen MR) is 76.6 cm³/mol. The summed E-state index contributed by atoms with van der Waals surface area (Å²) in [6, 6.07) is 4.52. The molecule has 0 unspecified atom stereocenters. The molecule has 0 atom stereocenters. The Balaban J connectivity index is 1.78. The smallest absolute Gasteiger partial charge is 0.416 e. The first-order valence-corrected chi connectivity index (χ1v) is 7.54. The molecule has 1 aromatic carbocycles. The van der Waals surface area contributed by atoms with Crippen LogP contribution in [0, 0.1) is 0 Å². The number of amides is 1. The summed E-state index contributed by atoms with van der Waals surface area (Å²) in [7, 11) is 0. The SMILES string of the molecule is O=C(COc1ccc(C(F)(F)F)cc1)NC1CCCCCC1. The van der Waals surface area contributed by atoms with E-state index in [9.17, 15) is 18.0 Å². The lowest BCUT2D eigenvalue weighted by Crippen LogP contribution is -2.37. The molecule has 0 aliphatic heterocycles. The molecule has 0 radical (unpaired) electrons. The summed E-state index contributed by atoms with van der Waals surface area (Å²) < 4.78 is 42.5. The lowest BCUT2D eigenvalue weighted by molar-refractivity contribution is -0.137. The minimum Gasteiger partial charge on any atom is -0.484 e. The minimum atomic E-state index is -4.37. The number of carbonyl (C=O) groups excluding carboxylic acids is 1. The summed E-state index contributed by atoms with van der Waals surface area (Å²) in [5.41, 5.74) is -0.734. The van der Waals surface area contributed by atoms with Crippen LogP contribution in [0.1, 0.15) is 44.1 Å². The van der Waals surface area contributed by atoms with E-state index >= 15 is 0 Å². The molecule has 2 rings (SSSR count). The number of halogens is 3. The zero-order valence-electron chi connectivity index (χ0n) is 12.3.